The predicted octanol–water partition coefficient (Wildman–Crippen LogP) is 2.82. The Labute approximate surface area is 107 Å². The third kappa shape index (κ3) is 9.09. The SMILES string of the molecule is CC=N/C(=C/CC)N(N)COCC[Si](C)(C)C. The number of ether oxygens (including phenoxy) is 1. The number of aliphatic imine (C=N–C) groups is 1. The monoisotopic (exact) mass is 257 g/mol. The number of rotatable bonds is 8. The molecule has 0 radical (unpaired) electrons. The highest BCUT2D eigenvalue weighted by Gasteiger charge is 2.12. The van der Waals surface area contributed by atoms with Crippen molar-refractivity contribution in [2.75, 3.05) is 13.3 Å². The van der Waals surface area contributed by atoms with Crippen molar-refractivity contribution in [1.29, 1.82) is 0 Å². The normalized spacial score (nSPS) is 13.4. The van der Waals surface area contributed by atoms with Crippen LogP contribution in [0.3, 0.4) is 0 Å². The van der Waals surface area contributed by atoms with Gasteiger partial charge in [0.25, 0.3) is 0 Å². The molecule has 0 aromatic heterocycles. The smallest absolute Gasteiger partial charge is 0.140 e. The zero-order chi connectivity index (χ0) is 13.3. The van der Waals surface area contributed by atoms with E-state index in [0.29, 0.717) is 6.73 Å². The first-order valence-electron chi connectivity index (χ1n) is 6.19. The standard InChI is InChI=1S/C12H27N3OSi/c1-6-8-12(14-7-2)15(13)11-16-9-10-17(3,4)5/h7-8H,6,9-11,13H2,1-5H3/b12-8-,14-7?. The van der Waals surface area contributed by atoms with Crippen LogP contribution in [0.15, 0.2) is 16.9 Å². The van der Waals surface area contributed by atoms with Crippen molar-refractivity contribution in [2.45, 2.75) is 46.0 Å². The van der Waals surface area contributed by atoms with E-state index < -0.39 is 8.07 Å². The number of allylic oxidation sites excluding steroid dienone is 1. The molecule has 0 aliphatic rings. The van der Waals surface area contributed by atoms with E-state index in [4.69, 9.17) is 10.6 Å². The largest absolute Gasteiger partial charge is 0.360 e. The summed E-state index contributed by atoms with van der Waals surface area (Å²) in [5.74, 6) is 6.64. The van der Waals surface area contributed by atoms with Crippen LogP contribution in [0.5, 0.6) is 0 Å². The Morgan fingerprint density at radius 2 is 2.06 bits per heavy atom. The lowest BCUT2D eigenvalue weighted by atomic mass is 10.4. The van der Waals surface area contributed by atoms with Crippen LogP contribution in [0, 0.1) is 0 Å². The van der Waals surface area contributed by atoms with Crippen LogP contribution in [-0.2, 0) is 4.74 Å². The number of nitrogens with zero attached hydrogens (tertiary/aromatic N) is 2. The average molecular weight is 257 g/mol. The zero-order valence-electron chi connectivity index (χ0n) is 11.9. The highest BCUT2D eigenvalue weighted by Crippen LogP contribution is 2.08. The summed E-state index contributed by atoms with van der Waals surface area (Å²) in [6.07, 6.45) is 4.64. The van der Waals surface area contributed by atoms with E-state index in [1.54, 1.807) is 11.2 Å². The van der Waals surface area contributed by atoms with Gasteiger partial charge in [-0.15, -0.1) is 0 Å². The second-order valence-electron chi connectivity index (χ2n) is 5.18. The van der Waals surface area contributed by atoms with E-state index >= 15 is 0 Å². The number of nitrogens with two attached hydrogens (primary N) is 1. The lowest BCUT2D eigenvalue weighted by molar-refractivity contribution is 0.0539. The maximum absolute atomic E-state index is 5.88. The molecule has 0 bridgehead atoms. The van der Waals surface area contributed by atoms with Gasteiger partial charge in [-0.3, -0.25) is 5.01 Å². The third-order valence-electron chi connectivity index (χ3n) is 2.17. The molecule has 0 aliphatic heterocycles. The van der Waals surface area contributed by atoms with E-state index in [1.165, 1.54) is 0 Å². The minimum absolute atomic E-state index is 0.396. The fourth-order valence-electron chi connectivity index (χ4n) is 1.17. The minimum atomic E-state index is -1.02. The maximum Gasteiger partial charge on any atom is 0.140 e. The van der Waals surface area contributed by atoms with Crippen molar-refractivity contribution in [1.82, 2.24) is 5.01 Å². The molecule has 17 heavy (non-hydrogen) atoms. The first kappa shape index (κ1) is 16.3. The highest BCUT2D eigenvalue weighted by atomic mass is 28.3. The highest BCUT2D eigenvalue weighted by molar-refractivity contribution is 6.76. The molecule has 100 valence electrons. The summed E-state index contributed by atoms with van der Waals surface area (Å²) in [6.45, 7) is 12.1. The lowest BCUT2D eigenvalue weighted by Gasteiger charge is -2.20. The van der Waals surface area contributed by atoms with Crippen LogP contribution in [0.2, 0.25) is 25.7 Å². The van der Waals surface area contributed by atoms with Crippen molar-refractivity contribution in [3.05, 3.63) is 11.9 Å². The van der Waals surface area contributed by atoms with Crippen molar-refractivity contribution >= 4 is 14.3 Å². The Hall–Kier alpha value is -0.653. The number of hydrogen-bond donors (Lipinski definition) is 1. The van der Waals surface area contributed by atoms with Gasteiger partial charge in [-0.05, 0) is 25.5 Å². The van der Waals surface area contributed by atoms with Gasteiger partial charge in [0.1, 0.15) is 12.6 Å². The summed E-state index contributed by atoms with van der Waals surface area (Å²) in [5.41, 5.74) is 0. The molecule has 0 rings (SSSR count). The summed E-state index contributed by atoms with van der Waals surface area (Å²) in [5, 5.41) is 1.55. The molecule has 0 saturated carbocycles. The van der Waals surface area contributed by atoms with E-state index in [9.17, 15) is 0 Å². The van der Waals surface area contributed by atoms with Crippen LogP contribution >= 0.6 is 0 Å². The van der Waals surface area contributed by atoms with E-state index in [0.717, 1.165) is 24.9 Å². The van der Waals surface area contributed by atoms with Crippen LogP contribution < -0.4 is 5.84 Å². The van der Waals surface area contributed by atoms with Crippen molar-refractivity contribution in [3.8, 4) is 0 Å². The topological polar surface area (TPSA) is 50.8 Å². The predicted molar refractivity (Wildman–Crippen MR) is 77.5 cm³/mol. The first-order valence-corrected chi connectivity index (χ1v) is 9.90. The Balaban J connectivity index is 3.99. The summed E-state index contributed by atoms with van der Waals surface area (Å²) >= 11 is 0. The maximum atomic E-state index is 5.88. The summed E-state index contributed by atoms with van der Waals surface area (Å²) in [6, 6.07) is 1.16. The fraction of sp³-hybridized carbons (Fsp3) is 0.750. The van der Waals surface area contributed by atoms with Crippen molar-refractivity contribution < 1.29 is 4.74 Å². The molecular weight excluding hydrogens is 230 g/mol. The van der Waals surface area contributed by atoms with Crippen molar-refractivity contribution in [2.24, 2.45) is 10.8 Å². The molecule has 2 N–H and O–H groups in total. The Kier molecular flexibility index (Phi) is 8.12. The van der Waals surface area contributed by atoms with Crippen molar-refractivity contribution in [3.63, 3.8) is 0 Å². The van der Waals surface area contributed by atoms with Crippen LogP contribution in [0.1, 0.15) is 20.3 Å². The molecule has 0 saturated heterocycles. The fourth-order valence-corrected chi connectivity index (χ4v) is 1.92. The molecule has 0 atom stereocenters. The molecule has 0 aromatic carbocycles. The van der Waals surface area contributed by atoms with Gasteiger partial charge in [-0.25, -0.2) is 10.8 Å². The Morgan fingerprint density at radius 3 is 2.53 bits per heavy atom. The van der Waals surface area contributed by atoms with Gasteiger partial charge in [0.05, 0.1) is 0 Å². The molecule has 5 heteroatoms. The van der Waals surface area contributed by atoms with E-state index in [2.05, 4.69) is 31.6 Å². The molecule has 0 amide bonds. The number of hydrogen-bond acceptors (Lipinski definition) is 4. The van der Waals surface area contributed by atoms with Gasteiger partial charge in [-0.2, -0.15) is 0 Å². The molecule has 0 spiro atoms. The molecular formula is C12H27N3OSi. The van der Waals surface area contributed by atoms with Gasteiger partial charge in [0.15, 0.2) is 0 Å². The zero-order valence-corrected chi connectivity index (χ0v) is 12.9. The second-order valence-corrected chi connectivity index (χ2v) is 10.8. The average Bonchev–Trinajstić information content (AvgIpc) is 2.22. The van der Waals surface area contributed by atoms with Gasteiger partial charge in [0, 0.05) is 20.9 Å². The van der Waals surface area contributed by atoms with Gasteiger partial charge < -0.3 is 4.74 Å². The Bertz CT molecular complexity index is 259. The van der Waals surface area contributed by atoms with Gasteiger partial charge in [0.2, 0.25) is 0 Å². The molecule has 0 heterocycles. The molecule has 0 aromatic rings. The molecule has 0 unspecified atom stereocenters. The molecule has 0 aliphatic carbocycles. The number of hydrazine groups is 1. The summed E-state index contributed by atoms with van der Waals surface area (Å²) in [7, 11) is -1.02. The van der Waals surface area contributed by atoms with Gasteiger partial charge >= 0.3 is 0 Å². The van der Waals surface area contributed by atoms with Crippen LogP contribution in [0.4, 0.5) is 0 Å². The van der Waals surface area contributed by atoms with Gasteiger partial charge in [-0.1, -0.05) is 26.6 Å². The Morgan fingerprint density at radius 1 is 1.41 bits per heavy atom. The second kappa shape index (κ2) is 8.44. The first-order chi connectivity index (χ1) is 7.90. The third-order valence-corrected chi connectivity index (χ3v) is 3.87. The molecule has 0 fully saturated rings. The quantitative estimate of drug-likeness (QED) is 0.182. The van der Waals surface area contributed by atoms with Crippen LogP contribution in [-0.4, -0.2) is 32.6 Å². The minimum Gasteiger partial charge on any atom is -0.360 e. The van der Waals surface area contributed by atoms with Crippen LogP contribution in [0.25, 0.3) is 0 Å². The summed E-state index contributed by atoms with van der Waals surface area (Å²) in [4.78, 5) is 4.21. The molecule has 4 nitrogen and oxygen atoms in total. The van der Waals surface area contributed by atoms with E-state index in [1.807, 2.05) is 13.0 Å². The van der Waals surface area contributed by atoms with E-state index in [-0.39, 0.29) is 0 Å². The lowest BCUT2D eigenvalue weighted by Crippen LogP contribution is -2.33. The summed E-state index contributed by atoms with van der Waals surface area (Å²) < 4.78 is 5.57.